The molecule has 1 aromatic carbocycles. The summed E-state index contributed by atoms with van der Waals surface area (Å²) in [6, 6.07) is 10.0. The summed E-state index contributed by atoms with van der Waals surface area (Å²) in [5.74, 6) is 0. The van der Waals surface area contributed by atoms with Gasteiger partial charge in [-0.1, -0.05) is 19.1 Å². The Hall–Kier alpha value is -2.16. The van der Waals surface area contributed by atoms with E-state index in [0.29, 0.717) is 11.7 Å². The van der Waals surface area contributed by atoms with Crippen molar-refractivity contribution in [1.29, 1.82) is 5.26 Å². The number of ether oxygens (including phenoxy) is 1. The van der Waals surface area contributed by atoms with Gasteiger partial charge in [-0.25, -0.2) is 0 Å². The normalized spacial score (nSPS) is 20.1. The molecular weight excluding hydrogens is 312 g/mol. The van der Waals surface area contributed by atoms with E-state index in [0.717, 1.165) is 38.9 Å². The highest BCUT2D eigenvalue weighted by Crippen LogP contribution is 2.24. The van der Waals surface area contributed by atoms with Crippen LogP contribution in [0.15, 0.2) is 36.7 Å². The molecule has 0 saturated carbocycles. The molecule has 1 fully saturated rings. The Kier molecular flexibility index (Phi) is 5.85. The van der Waals surface area contributed by atoms with Gasteiger partial charge in [-0.05, 0) is 43.5 Å². The van der Waals surface area contributed by atoms with Crippen molar-refractivity contribution in [1.82, 2.24) is 14.7 Å². The van der Waals surface area contributed by atoms with Crippen LogP contribution in [-0.2, 0) is 24.8 Å². The molecule has 25 heavy (non-hydrogen) atoms. The van der Waals surface area contributed by atoms with Gasteiger partial charge in [-0.2, -0.15) is 10.4 Å². The third-order valence-corrected chi connectivity index (χ3v) is 4.82. The van der Waals surface area contributed by atoms with Gasteiger partial charge in [0.25, 0.3) is 0 Å². The predicted molar refractivity (Wildman–Crippen MR) is 96.9 cm³/mol. The second-order valence-corrected chi connectivity index (χ2v) is 6.82. The number of nitrogens with zero attached hydrogens (tertiary/aromatic N) is 4. The lowest BCUT2D eigenvalue weighted by molar-refractivity contribution is 0.0227. The van der Waals surface area contributed by atoms with Crippen LogP contribution >= 0.6 is 0 Å². The van der Waals surface area contributed by atoms with Crippen LogP contribution in [0, 0.1) is 11.3 Å². The van der Waals surface area contributed by atoms with Crippen LogP contribution < -0.4 is 0 Å². The minimum absolute atomic E-state index is 0.287. The number of likely N-dealkylation sites (N-methyl/N-ethyl adjacent to an activating group) is 1. The molecule has 0 N–H and O–H groups in total. The number of hydrogen-bond acceptors (Lipinski definition) is 4. The number of aromatic nitrogens is 2. The molecule has 0 aliphatic carbocycles. The number of nitriles is 1. The molecule has 0 radical (unpaired) electrons. The summed E-state index contributed by atoms with van der Waals surface area (Å²) in [6.07, 6.45) is 7.75. The van der Waals surface area contributed by atoms with E-state index in [2.05, 4.69) is 29.2 Å². The van der Waals surface area contributed by atoms with Crippen molar-refractivity contribution in [2.45, 2.75) is 44.9 Å². The van der Waals surface area contributed by atoms with Crippen molar-refractivity contribution in [3.05, 3.63) is 53.3 Å². The first-order valence-electron chi connectivity index (χ1n) is 9.00. The van der Waals surface area contributed by atoms with Crippen molar-refractivity contribution in [2.75, 3.05) is 13.1 Å². The second-order valence-electron chi connectivity index (χ2n) is 6.82. The molecule has 5 nitrogen and oxygen atoms in total. The zero-order valence-electron chi connectivity index (χ0n) is 15.1. The van der Waals surface area contributed by atoms with Crippen molar-refractivity contribution in [3.8, 4) is 6.07 Å². The Balaban J connectivity index is 1.48. The maximum Gasteiger partial charge on any atom is 0.0991 e. The molecule has 132 valence electrons. The largest absolute Gasteiger partial charge is 0.373 e. The molecule has 0 bridgehead atoms. The molecule has 2 heterocycles. The van der Waals surface area contributed by atoms with Crippen LogP contribution in [-0.4, -0.2) is 40.0 Å². The van der Waals surface area contributed by atoms with E-state index in [9.17, 15) is 0 Å². The molecule has 2 aromatic rings. The molecule has 1 saturated heterocycles. The maximum atomic E-state index is 8.88. The van der Waals surface area contributed by atoms with E-state index in [1.807, 2.05) is 42.2 Å². The summed E-state index contributed by atoms with van der Waals surface area (Å²) in [5, 5.41) is 13.1. The molecular formula is C20H26N4O. The lowest BCUT2D eigenvalue weighted by Crippen LogP contribution is -2.32. The van der Waals surface area contributed by atoms with Gasteiger partial charge in [0.05, 0.1) is 30.0 Å². The number of hydrogen-bond donors (Lipinski definition) is 0. The van der Waals surface area contributed by atoms with E-state index in [1.54, 1.807) is 0 Å². The van der Waals surface area contributed by atoms with Crippen molar-refractivity contribution in [2.24, 2.45) is 7.05 Å². The highest BCUT2D eigenvalue weighted by molar-refractivity contribution is 5.31. The fraction of sp³-hybridized carbons (Fsp3) is 0.500. The van der Waals surface area contributed by atoms with Crippen molar-refractivity contribution >= 4 is 0 Å². The molecule has 0 unspecified atom stereocenters. The molecule has 0 spiro atoms. The van der Waals surface area contributed by atoms with Gasteiger partial charge < -0.3 is 4.74 Å². The highest BCUT2D eigenvalue weighted by Gasteiger charge is 2.26. The van der Waals surface area contributed by atoms with Gasteiger partial charge in [-0.3, -0.25) is 9.58 Å². The average molecular weight is 338 g/mol. The average Bonchev–Trinajstić information content (AvgIpc) is 3.24. The number of rotatable bonds is 7. The van der Waals surface area contributed by atoms with E-state index < -0.39 is 0 Å². The summed E-state index contributed by atoms with van der Waals surface area (Å²) in [7, 11) is 1.95. The molecule has 2 atom stereocenters. The van der Waals surface area contributed by atoms with Crippen LogP contribution in [0.2, 0.25) is 0 Å². The summed E-state index contributed by atoms with van der Waals surface area (Å²) in [6.45, 7) is 5.09. The number of aryl methyl sites for hydroxylation is 1. The van der Waals surface area contributed by atoms with E-state index in [-0.39, 0.29) is 6.10 Å². The Morgan fingerprint density at radius 1 is 1.24 bits per heavy atom. The van der Waals surface area contributed by atoms with Gasteiger partial charge in [0.2, 0.25) is 0 Å². The maximum absolute atomic E-state index is 8.88. The second kappa shape index (κ2) is 8.28. The van der Waals surface area contributed by atoms with Crippen molar-refractivity contribution in [3.63, 3.8) is 0 Å². The minimum Gasteiger partial charge on any atom is -0.373 e. The summed E-state index contributed by atoms with van der Waals surface area (Å²) < 4.78 is 8.12. The molecule has 1 aliphatic rings. The SMILES string of the molecule is CCN(Cc1cnn(C)c1)C[C@@H]1CC[C@H](Cc2ccc(C#N)cc2)O1. The zero-order chi connectivity index (χ0) is 17.6. The number of benzene rings is 1. The van der Waals surface area contributed by atoms with E-state index in [1.165, 1.54) is 11.1 Å². The van der Waals surface area contributed by atoms with Gasteiger partial charge in [0.1, 0.15) is 0 Å². The highest BCUT2D eigenvalue weighted by atomic mass is 16.5. The predicted octanol–water partition coefficient (Wildman–Crippen LogP) is 2.90. The van der Waals surface area contributed by atoms with Gasteiger partial charge in [0.15, 0.2) is 0 Å². The van der Waals surface area contributed by atoms with Gasteiger partial charge in [0, 0.05) is 31.9 Å². The van der Waals surface area contributed by atoms with Crippen molar-refractivity contribution < 1.29 is 4.74 Å². The summed E-state index contributed by atoms with van der Waals surface area (Å²) >= 11 is 0. The topological polar surface area (TPSA) is 54.1 Å². The third-order valence-electron chi connectivity index (χ3n) is 4.82. The fourth-order valence-corrected chi connectivity index (χ4v) is 3.45. The molecule has 1 aliphatic heterocycles. The quantitative estimate of drug-likeness (QED) is 0.779. The standard InChI is InChI=1S/C20H26N4O/c1-3-24(14-18-12-22-23(2)13-18)15-20-9-8-19(25-20)10-16-4-6-17(11-21)7-5-16/h4-7,12-13,19-20H,3,8-10,14-15H2,1-2H3/t19-,20+/m1/s1. The Bertz CT molecular complexity index is 716. The fourth-order valence-electron chi connectivity index (χ4n) is 3.45. The monoisotopic (exact) mass is 338 g/mol. The first kappa shape index (κ1) is 17.7. The minimum atomic E-state index is 0.287. The van der Waals surface area contributed by atoms with Gasteiger partial charge in [-0.15, -0.1) is 0 Å². The molecule has 0 amide bonds. The summed E-state index contributed by atoms with van der Waals surface area (Å²) in [4.78, 5) is 2.42. The van der Waals surface area contributed by atoms with Crippen LogP contribution in [0.25, 0.3) is 0 Å². The van der Waals surface area contributed by atoms with Gasteiger partial charge >= 0.3 is 0 Å². The van der Waals surface area contributed by atoms with E-state index in [4.69, 9.17) is 10.00 Å². The van der Waals surface area contributed by atoms with Crippen LogP contribution in [0.5, 0.6) is 0 Å². The Morgan fingerprint density at radius 2 is 2.00 bits per heavy atom. The third kappa shape index (κ3) is 4.91. The smallest absolute Gasteiger partial charge is 0.0991 e. The lowest BCUT2D eigenvalue weighted by atomic mass is 10.0. The lowest BCUT2D eigenvalue weighted by Gasteiger charge is -2.23. The zero-order valence-corrected chi connectivity index (χ0v) is 15.1. The van der Waals surface area contributed by atoms with Crippen LogP contribution in [0.4, 0.5) is 0 Å². The first-order chi connectivity index (χ1) is 12.2. The Labute approximate surface area is 149 Å². The Morgan fingerprint density at radius 3 is 2.64 bits per heavy atom. The summed E-state index contributed by atoms with van der Waals surface area (Å²) in [5.41, 5.74) is 3.20. The van der Waals surface area contributed by atoms with Crippen LogP contribution in [0.3, 0.4) is 0 Å². The molecule has 5 heteroatoms. The van der Waals surface area contributed by atoms with Crippen LogP contribution in [0.1, 0.15) is 36.5 Å². The first-order valence-corrected chi connectivity index (χ1v) is 9.00. The molecule has 3 rings (SSSR count). The molecule has 1 aromatic heterocycles. The van der Waals surface area contributed by atoms with E-state index >= 15 is 0 Å².